The number of carbonyl (C=O) groups is 1. The Morgan fingerprint density at radius 2 is 1.83 bits per heavy atom. The van der Waals surface area contributed by atoms with Crippen molar-refractivity contribution in [2.75, 3.05) is 5.32 Å². The molecule has 0 aliphatic carbocycles. The van der Waals surface area contributed by atoms with Crippen LogP contribution in [0.25, 0.3) is 22.6 Å². The molecule has 0 bridgehead atoms. The second kappa shape index (κ2) is 7.78. The van der Waals surface area contributed by atoms with Crippen molar-refractivity contribution >= 4 is 51.6 Å². The van der Waals surface area contributed by atoms with Gasteiger partial charge in [0.15, 0.2) is 5.58 Å². The van der Waals surface area contributed by atoms with Gasteiger partial charge in [0, 0.05) is 17.7 Å². The fourth-order valence-corrected chi connectivity index (χ4v) is 3.27. The minimum atomic E-state index is -0.629. The minimum Gasteiger partial charge on any atom is -0.436 e. The van der Waals surface area contributed by atoms with Gasteiger partial charge in [-0.15, -0.1) is 0 Å². The van der Waals surface area contributed by atoms with Crippen LogP contribution in [-0.4, -0.2) is 15.8 Å². The standard InChI is InChI=1S/C21H13Cl2N3O4/c1-11-2-7-17-19(8-11)30-21(25-17)12-3-5-16(23)18(9-12)24-20(27)14-10-13(26(28)29)4-6-15(14)22/h2-10H,1H3,(H,24,27). The summed E-state index contributed by atoms with van der Waals surface area (Å²) >= 11 is 12.3. The maximum atomic E-state index is 12.7. The molecule has 3 aromatic carbocycles. The van der Waals surface area contributed by atoms with Gasteiger partial charge in [0.25, 0.3) is 11.6 Å². The number of oxazole rings is 1. The van der Waals surface area contributed by atoms with Gasteiger partial charge in [-0.3, -0.25) is 14.9 Å². The van der Waals surface area contributed by atoms with Crippen LogP contribution in [0.15, 0.2) is 59.0 Å². The summed E-state index contributed by atoms with van der Waals surface area (Å²) in [4.78, 5) is 27.5. The second-order valence-electron chi connectivity index (χ2n) is 6.56. The van der Waals surface area contributed by atoms with Gasteiger partial charge >= 0.3 is 0 Å². The average Bonchev–Trinajstić information content (AvgIpc) is 3.12. The molecule has 1 N–H and O–H groups in total. The van der Waals surface area contributed by atoms with Gasteiger partial charge in [0.05, 0.1) is 26.2 Å². The number of nitro benzene ring substituents is 1. The third-order valence-electron chi connectivity index (χ3n) is 4.41. The number of benzene rings is 3. The largest absolute Gasteiger partial charge is 0.436 e. The molecule has 0 radical (unpaired) electrons. The lowest BCUT2D eigenvalue weighted by molar-refractivity contribution is -0.384. The maximum Gasteiger partial charge on any atom is 0.270 e. The lowest BCUT2D eigenvalue weighted by atomic mass is 10.1. The van der Waals surface area contributed by atoms with Crippen molar-refractivity contribution in [3.05, 3.63) is 85.9 Å². The zero-order chi connectivity index (χ0) is 21.4. The van der Waals surface area contributed by atoms with E-state index < -0.39 is 10.8 Å². The molecule has 1 amide bonds. The van der Waals surface area contributed by atoms with Gasteiger partial charge in [-0.25, -0.2) is 4.98 Å². The predicted octanol–water partition coefficient (Wildman–Crippen LogP) is 6.27. The molecular weight excluding hydrogens is 429 g/mol. The number of nitro groups is 1. The molecule has 4 rings (SSSR count). The van der Waals surface area contributed by atoms with Crippen molar-refractivity contribution in [2.24, 2.45) is 0 Å². The number of nitrogens with zero attached hydrogens (tertiary/aromatic N) is 2. The number of aryl methyl sites for hydroxylation is 1. The van der Waals surface area contributed by atoms with Crippen molar-refractivity contribution < 1.29 is 14.1 Å². The molecule has 0 unspecified atom stereocenters. The maximum absolute atomic E-state index is 12.7. The number of rotatable bonds is 4. The van der Waals surface area contributed by atoms with E-state index in [0.29, 0.717) is 28.2 Å². The minimum absolute atomic E-state index is 0.0373. The molecular formula is C21H13Cl2N3O4. The molecule has 0 spiro atoms. The van der Waals surface area contributed by atoms with Crippen LogP contribution in [0.5, 0.6) is 0 Å². The van der Waals surface area contributed by atoms with E-state index in [0.717, 1.165) is 11.6 Å². The molecule has 30 heavy (non-hydrogen) atoms. The monoisotopic (exact) mass is 441 g/mol. The van der Waals surface area contributed by atoms with E-state index in [-0.39, 0.29) is 21.3 Å². The molecule has 0 atom stereocenters. The van der Waals surface area contributed by atoms with Crippen LogP contribution in [0, 0.1) is 17.0 Å². The van der Waals surface area contributed by atoms with Crippen LogP contribution in [0.4, 0.5) is 11.4 Å². The smallest absolute Gasteiger partial charge is 0.270 e. The summed E-state index contributed by atoms with van der Waals surface area (Å²) in [6.45, 7) is 1.95. The van der Waals surface area contributed by atoms with E-state index in [1.54, 1.807) is 18.2 Å². The first-order valence-corrected chi connectivity index (χ1v) is 9.50. The molecule has 0 saturated heterocycles. The Morgan fingerprint density at radius 3 is 2.60 bits per heavy atom. The van der Waals surface area contributed by atoms with Gasteiger partial charge in [-0.1, -0.05) is 29.3 Å². The SMILES string of the molecule is Cc1ccc2nc(-c3ccc(Cl)c(NC(=O)c4cc([N+](=O)[O-])ccc4Cl)c3)oc2c1. The van der Waals surface area contributed by atoms with Crippen molar-refractivity contribution in [3.63, 3.8) is 0 Å². The highest BCUT2D eigenvalue weighted by molar-refractivity contribution is 6.36. The highest BCUT2D eigenvalue weighted by Gasteiger charge is 2.18. The number of hydrogen-bond acceptors (Lipinski definition) is 5. The van der Waals surface area contributed by atoms with Crippen LogP contribution < -0.4 is 5.32 Å². The Bertz CT molecular complexity index is 1320. The van der Waals surface area contributed by atoms with E-state index in [1.165, 1.54) is 12.1 Å². The molecule has 1 heterocycles. The quantitative estimate of drug-likeness (QED) is 0.297. The molecule has 0 aliphatic rings. The first-order valence-electron chi connectivity index (χ1n) is 8.74. The highest BCUT2D eigenvalue weighted by Crippen LogP contribution is 2.32. The molecule has 9 heteroatoms. The Morgan fingerprint density at radius 1 is 1.07 bits per heavy atom. The van der Waals surface area contributed by atoms with Gasteiger partial charge < -0.3 is 9.73 Å². The van der Waals surface area contributed by atoms with Crippen molar-refractivity contribution in [2.45, 2.75) is 6.92 Å². The lowest BCUT2D eigenvalue weighted by Crippen LogP contribution is -2.13. The molecule has 150 valence electrons. The van der Waals surface area contributed by atoms with E-state index in [9.17, 15) is 14.9 Å². The fraction of sp³-hybridized carbons (Fsp3) is 0.0476. The topological polar surface area (TPSA) is 98.3 Å². The summed E-state index contributed by atoms with van der Waals surface area (Å²) in [6, 6.07) is 14.2. The first-order chi connectivity index (χ1) is 14.3. The summed E-state index contributed by atoms with van der Waals surface area (Å²) < 4.78 is 5.82. The normalized spacial score (nSPS) is 10.9. The molecule has 0 saturated carbocycles. The molecule has 0 aliphatic heterocycles. The summed E-state index contributed by atoms with van der Waals surface area (Å²) in [5.41, 5.74) is 3.02. The summed E-state index contributed by atoms with van der Waals surface area (Å²) in [6.07, 6.45) is 0. The Kier molecular flexibility index (Phi) is 5.15. The third kappa shape index (κ3) is 3.85. The molecule has 4 aromatic rings. The molecule has 1 aromatic heterocycles. The number of carbonyl (C=O) groups excluding carboxylic acids is 1. The van der Waals surface area contributed by atoms with Crippen molar-refractivity contribution in [1.82, 2.24) is 4.98 Å². The van der Waals surface area contributed by atoms with Crippen LogP contribution in [0.1, 0.15) is 15.9 Å². The third-order valence-corrected chi connectivity index (χ3v) is 5.07. The van der Waals surface area contributed by atoms with Crippen LogP contribution in [0.2, 0.25) is 10.0 Å². The average molecular weight is 442 g/mol. The molecule has 0 fully saturated rings. The zero-order valence-electron chi connectivity index (χ0n) is 15.5. The zero-order valence-corrected chi connectivity index (χ0v) is 17.0. The number of anilines is 1. The number of halogens is 2. The van der Waals surface area contributed by atoms with Gasteiger partial charge in [-0.2, -0.15) is 0 Å². The van der Waals surface area contributed by atoms with Gasteiger partial charge in [0.1, 0.15) is 5.52 Å². The summed E-state index contributed by atoms with van der Waals surface area (Å²) in [5, 5.41) is 14.0. The van der Waals surface area contributed by atoms with Crippen molar-refractivity contribution in [1.29, 1.82) is 0 Å². The number of non-ortho nitro benzene ring substituents is 1. The van der Waals surface area contributed by atoms with Crippen LogP contribution >= 0.6 is 23.2 Å². The number of fused-ring (bicyclic) bond motifs is 1. The molecule has 7 nitrogen and oxygen atoms in total. The van der Waals surface area contributed by atoms with E-state index >= 15 is 0 Å². The highest BCUT2D eigenvalue weighted by atomic mass is 35.5. The Balaban J connectivity index is 1.67. The van der Waals surface area contributed by atoms with Crippen molar-refractivity contribution in [3.8, 4) is 11.5 Å². The van der Waals surface area contributed by atoms with Gasteiger partial charge in [0.2, 0.25) is 5.89 Å². The number of hydrogen-bond donors (Lipinski definition) is 1. The second-order valence-corrected chi connectivity index (χ2v) is 7.37. The number of aromatic nitrogens is 1. The summed E-state index contributed by atoms with van der Waals surface area (Å²) in [7, 11) is 0. The van der Waals surface area contributed by atoms with Gasteiger partial charge in [-0.05, 0) is 48.9 Å². The number of amides is 1. The first kappa shape index (κ1) is 19.9. The Hall–Kier alpha value is -3.42. The van der Waals surface area contributed by atoms with E-state index in [1.807, 2.05) is 25.1 Å². The summed E-state index contributed by atoms with van der Waals surface area (Å²) in [5.74, 6) is -0.257. The number of nitrogens with one attached hydrogen (secondary N) is 1. The Labute approximate surface area is 180 Å². The van der Waals surface area contributed by atoms with Crippen LogP contribution in [-0.2, 0) is 0 Å². The fourth-order valence-electron chi connectivity index (χ4n) is 2.90. The van der Waals surface area contributed by atoms with E-state index in [4.69, 9.17) is 27.6 Å². The van der Waals surface area contributed by atoms with Crippen LogP contribution in [0.3, 0.4) is 0 Å². The predicted molar refractivity (Wildman–Crippen MR) is 115 cm³/mol. The lowest BCUT2D eigenvalue weighted by Gasteiger charge is -2.09. The van der Waals surface area contributed by atoms with E-state index in [2.05, 4.69) is 10.3 Å².